The molecule has 0 saturated carbocycles. The van der Waals surface area contributed by atoms with E-state index in [1.54, 1.807) is 4.90 Å². The third kappa shape index (κ3) is 3.84. The van der Waals surface area contributed by atoms with Crippen LogP contribution in [0.25, 0.3) is 0 Å². The molecule has 0 bridgehead atoms. The fourth-order valence-corrected chi connectivity index (χ4v) is 5.45. The summed E-state index contributed by atoms with van der Waals surface area (Å²) >= 11 is 0. The highest BCUT2D eigenvalue weighted by molar-refractivity contribution is 7.91. The number of rotatable bonds is 3. The Kier molecular flexibility index (Phi) is 4.33. The molecule has 0 aromatic heterocycles. The third-order valence-electron chi connectivity index (χ3n) is 4.98. The van der Waals surface area contributed by atoms with E-state index in [1.165, 1.54) is 16.0 Å². The van der Waals surface area contributed by atoms with Gasteiger partial charge in [-0.1, -0.05) is 29.8 Å². The fourth-order valence-electron chi connectivity index (χ4n) is 3.62. The van der Waals surface area contributed by atoms with Gasteiger partial charge >= 0.3 is 0 Å². The molecule has 1 aromatic carbocycles. The van der Waals surface area contributed by atoms with Crippen molar-refractivity contribution in [2.75, 3.05) is 37.7 Å². The Morgan fingerprint density at radius 3 is 2.33 bits per heavy atom. The Balaban J connectivity index is 1.50. The van der Waals surface area contributed by atoms with Gasteiger partial charge in [-0.15, -0.1) is 0 Å². The predicted molar refractivity (Wildman–Crippen MR) is 83.3 cm³/mol. The molecule has 0 amide bonds. The van der Waals surface area contributed by atoms with Gasteiger partial charge in [-0.25, -0.2) is 8.42 Å². The standard InChI is InChI=1S/C16H24N2O2S/c1-14-2-4-15(5-3-14)12-17-7-9-18(10-8-17)16-6-11-21(19,20)13-16/h2-5,16H,6-13H2,1H3/p+2/t16-/m0/s1. The van der Waals surface area contributed by atoms with E-state index in [9.17, 15) is 8.42 Å². The predicted octanol–water partition coefficient (Wildman–Crippen LogP) is -1.53. The van der Waals surface area contributed by atoms with Crippen molar-refractivity contribution in [3.05, 3.63) is 35.4 Å². The molecule has 2 fully saturated rings. The van der Waals surface area contributed by atoms with Gasteiger partial charge in [0.15, 0.2) is 9.84 Å². The lowest BCUT2D eigenvalue weighted by atomic mass is 10.1. The number of hydrogen-bond acceptors (Lipinski definition) is 2. The van der Waals surface area contributed by atoms with Crippen LogP contribution in [0.1, 0.15) is 17.5 Å². The molecule has 21 heavy (non-hydrogen) atoms. The highest BCUT2D eigenvalue weighted by Crippen LogP contribution is 2.08. The summed E-state index contributed by atoms with van der Waals surface area (Å²) in [5.74, 6) is 0.816. The van der Waals surface area contributed by atoms with E-state index in [0.29, 0.717) is 17.5 Å². The van der Waals surface area contributed by atoms with Crippen LogP contribution >= 0.6 is 0 Å². The maximum absolute atomic E-state index is 11.6. The molecule has 5 heteroatoms. The first-order chi connectivity index (χ1) is 10.0. The quantitative estimate of drug-likeness (QED) is 0.711. The van der Waals surface area contributed by atoms with E-state index in [4.69, 9.17) is 0 Å². The van der Waals surface area contributed by atoms with Gasteiger partial charge in [-0.05, 0) is 6.92 Å². The van der Waals surface area contributed by atoms with Gasteiger partial charge in [0.25, 0.3) is 0 Å². The molecule has 4 nitrogen and oxygen atoms in total. The number of aryl methyl sites for hydroxylation is 1. The minimum atomic E-state index is -2.74. The molecule has 1 aromatic rings. The van der Waals surface area contributed by atoms with Crippen LogP contribution in [0, 0.1) is 6.92 Å². The first kappa shape index (κ1) is 15.0. The zero-order chi connectivity index (χ0) is 14.9. The SMILES string of the molecule is Cc1ccc(C[NH+]2CC[NH+]([C@H]3CCS(=O)(=O)C3)CC2)cc1. The molecular formula is C16H26N2O2S+2. The lowest BCUT2D eigenvalue weighted by Gasteiger charge is -2.32. The van der Waals surface area contributed by atoms with Gasteiger partial charge in [0, 0.05) is 12.0 Å². The van der Waals surface area contributed by atoms with Crippen molar-refractivity contribution >= 4 is 9.84 Å². The maximum atomic E-state index is 11.6. The third-order valence-corrected chi connectivity index (χ3v) is 6.75. The van der Waals surface area contributed by atoms with Crippen molar-refractivity contribution in [3.8, 4) is 0 Å². The molecule has 2 heterocycles. The van der Waals surface area contributed by atoms with Crippen LogP contribution in [0.3, 0.4) is 0 Å². The van der Waals surface area contributed by atoms with Crippen molar-refractivity contribution in [1.82, 2.24) is 0 Å². The number of sulfone groups is 1. The fraction of sp³-hybridized carbons (Fsp3) is 0.625. The number of piperazine rings is 1. The Labute approximate surface area is 127 Å². The molecule has 0 radical (unpaired) electrons. The summed E-state index contributed by atoms with van der Waals surface area (Å²) in [7, 11) is -2.74. The summed E-state index contributed by atoms with van der Waals surface area (Å²) in [6.45, 7) is 7.74. The Bertz CT molecular complexity index is 575. The topological polar surface area (TPSA) is 43.0 Å². The summed E-state index contributed by atoms with van der Waals surface area (Å²) in [5.41, 5.74) is 2.72. The van der Waals surface area contributed by atoms with E-state index < -0.39 is 9.84 Å². The van der Waals surface area contributed by atoms with Crippen LogP contribution in [0.15, 0.2) is 24.3 Å². The largest absolute Gasteiger partial charge is 0.322 e. The van der Waals surface area contributed by atoms with Crippen LogP contribution in [-0.4, -0.2) is 52.1 Å². The van der Waals surface area contributed by atoms with Crippen molar-refractivity contribution in [3.63, 3.8) is 0 Å². The van der Waals surface area contributed by atoms with Gasteiger partial charge in [0.1, 0.15) is 44.5 Å². The van der Waals surface area contributed by atoms with E-state index >= 15 is 0 Å². The molecule has 0 aliphatic carbocycles. The summed E-state index contributed by atoms with van der Waals surface area (Å²) < 4.78 is 23.2. The normalized spacial score (nSPS) is 32.1. The number of nitrogens with one attached hydrogen (secondary N) is 2. The number of hydrogen-bond donors (Lipinski definition) is 2. The lowest BCUT2D eigenvalue weighted by molar-refractivity contribution is -1.03. The van der Waals surface area contributed by atoms with Gasteiger partial charge in [-0.2, -0.15) is 0 Å². The van der Waals surface area contributed by atoms with E-state index in [-0.39, 0.29) is 0 Å². The summed E-state index contributed by atoms with van der Waals surface area (Å²) in [5, 5.41) is 0. The number of quaternary nitrogens is 2. The molecule has 0 unspecified atom stereocenters. The van der Waals surface area contributed by atoms with Crippen LogP contribution in [-0.2, 0) is 16.4 Å². The van der Waals surface area contributed by atoms with Crippen molar-refractivity contribution in [2.24, 2.45) is 0 Å². The monoisotopic (exact) mass is 310 g/mol. The molecule has 0 spiro atoms. The van der Waals surface area contributed by atoms with Crippen LogP contribution in [0.5, 0.6) is 0 Å². The second-order valence-corrected chi connectivity index (χ2v) is 8.90. The maximum Gasteiger partial charge on any atom is 0.156 e. The van der Waals surface area contributed by atoms with E-state index in [1.807, 2.05) is 0 Å². The van der Waals surface area contributed by atoms with Crippen LogP contribution < -0.4 is 9.80 Å². The van der Waals surface area contributed by atoms with Crippen molar-refractivity contribution in [2.45, 2.75) is 25.9 Å². The van der Waals surface area contributed by atoms with Crippen LogP contribution in [0.4, 0.5) is 0 Å². The number of benzene rings is 1. The highest BCUT2D eigenvalue weighted by Gasteiger charge is 2.37. The molecule has 2 saturated heterocycles. The van der Waals surface area contributed by atoms with Crippen LogP contribution in [0.2, 0.25) is 0 Å². The van der Waals surface area contributed by atoms with Crippen molar-refractivity contribution < 1.29 is 18.2 Å². The van der Waals surface area contributed by atoms with Gasteiger partial charge in [-0.3, -0.25) is 0 Å². The molecule has 116 valence electrons. The summed E-state index contributed by atoms with van der Waals surface area (Å²) in [6, 6.07) is 9.17. The summed E-state index contributed by atoms with van der Waals surface area (Å²) in [6.07, 6.45) is 0.866. The van der Waals surface area contributed by atoms with E-state index in [2.05, 4.69) is 31.2 Å². The van der Waals surface area contributed by atoms with E-state index in [0.717, 1.165) is 39.1 Å². The second-order valence-electron chi connectivity index (χ2n) is 6.67. The van der Waals surface area contributed by atoms with Crippen molar-refractivity contribution in [1.29, 1.82) is 0 Å². The molecule has 2 aliphatic rings. The smallest absolute Gasteiger partial charge is 0.156 e. The zero-order valence-corrected chi connectivity index (χ0v) is 13.6. The summed E-state index contributed by atoms with van der Waals surface area (Å²) in [4.78, 5) is 3.15. The first-order valence-electron chi connectivity index (χ1n) is 7.96. The van der Waals surface area contributed by atoms with Gasteiger partial charge in [0.2, 0.25) is 0 Å². The molecule has 2 N–H and O–H groups in total. The molecular weight excluding hydrogens is 284 g/mol. The Morgan fingerprint density at radius 2 is 1.76 bits per heavy atom. The zero-order valence-electron chi connectivity index (χ0n) is 12.8. The average molecular weight is 310 g/mol. The Hall–Kier alpha value is -0.910. The second kappa shape index (κ2) is 6.07. The highest BCUT2D eigenvalue weighted by atomic mass is 32.2. The average Bonchev–Trinajstić information content (AvgIpc) is 2.83. The molecule has 1 atom stereocenters. The minimum absolute atomic E-state index is 0.357. The molecule has 3 rings (SSSR count). The van der Waals surface area contributed by atoms with Gasteiger partial charge < -0.3 is 9.80 Å². The Morgan fingerprint density at radius 1 is 1.10 bits per heavy atom. The minimum Gasteiger partial charge on any atom is -0.322 e. The lowest BCUT2D eigenvalue weighted by Crippen LogP contribution is -3.29. The van der Waals surface area contributed by atoms with Gasteiger partial charge in [0.05, 0.1) is 5.75 Å². The first-order valence-corrected chi connectivity index (χ1v) is 9.78. The molecule has 2 aliphatic heterocycles.